The van der Waals surface area contributed by atoms with Crippen molar-refractivity contribution in [3.05, 3.63) is 24.3 Å². The maximum atomic E-state index is 12.3. The zero-order valence-corrected chi connectivity index (χ0v) is 15.9. The summed E-state index contributed by atoms with van der Waals surface area (Å²) >= 11 is 1.46. The summed E-state index contributed by atoms with van der Waals surface area (Å²) in [6.07, 6.45) is 1.53. The second-order valence-electron chi connectivity index (χ2n) is 6.91. The van der Waals surface area contributed by atoms with Gasteiger partial charge in [-0.25, -0.2) is 9.78 Å². The maximum absolute atomic E-state index is 12.3. The Labute approximate surface area is 160 Å². The van der Waals surface area contributed by atoms with Crippen LogP contribution in [0.15, 0.2) is 24.3 Å². The summed E-state index contributed by atoms with van der Waals surface area (Å²) in [4.78, 5) is 45.4. The van der Waals surface area contributed by atoms with Crippen LogP contribution < -0.4 is 5.32 Å². The molecule has 0 saturated carbocycles. The van der Waals surface area contributed by atoms with Crippen molar-refractivity contribution in [3.63, 3.8) is 0 Å². The lowest BCUT2D eigenvalue weighted by Gasteiger charge is -2.35. The molecule has 2 saturated heterocycles. The molecule has 4 rings (SSSR count). The lowest BCUT2D eigenvalue weighted by molar-refractivity contribution is -0.124. The van der Waals surface area contributed by atoms with E-state index in [9.17, 15) is 14.4 Å². The SMILES string of the molecule is CN1C(=O)CN(C2CCN(CC(=O)Nc3nc4ccccc4s3)CC2)C1=O. The Hall–Kier alpha value is -2.52. The van der Waals surface area contributed by atoms with Gasteiger partial charge in [-0.15, -0.1) is 0 Å². The molecule has 1 aromatic carbocycles. The monoisotopic (exact) mass is 387 g/mol. The molecule has 4 amide bonds. The third-order valence-electron chi connectivity index (χ3n) is 5.12. The van der Waals surface area contributed by atoms with Crippen molar-refractivity contribution in [3.8, 4) is 0 Å². The van der Waals surface area contributed by atoms with Crippen molar-refractivity contribution in [2.45, 2.75) is 18.9 Å². The number of imide groups is 1. The number of likely N-dealkylation sites (N-methyl/N-ethyl adjacent to an activating group) is 1. The Morgan fingerprint density at radius 1 is 1.26 bits per heavy atom. The maximum Gasteiger partial charge on any atom is 0.327 e. The fourth-order valence-electron chi connectivity index (χ4n) is 3.58. The van der Waals surface area contributed by atoms with Gasteiger partial charge in [-0.05, 0) is 25.0 Å². The third-order valence-corrected chi connectivity index (χ3v) is 6.07. The third kappa shape index (κ3) is 3.65. The minimum Gasteiger partial charge on any atom is -0.312 e. The average Bonchev–Trinajstić information content (AvgIpc) is 3.17. The minimum absolute atomic E-state index is 0.0648. The number of hydrogen-bond donors (Lipinski definition) is 1. The average molecular weight is 387 g/mol. The van der Waals surface area contributed by atoms with Crippen LogP contribution in [0.4, 0.5) is 9.93 Å². The first kappa shape index (κ1) is 17.9. The molecule has 1 N–H and O–H groups in total. The van der Waals surface area contributed by atoms with E-state index in [-0.39, 0.29) is 30.4 Å². The molecule has 9 heteroatoms. The molecule has 142 valence electrons. The van der Waals surface area contributed by atoms with Crippen molar-refractivity contribution in [1.29, 1.82) is 0 Å². The summed E-state index contributed by atoms with van der Waals surface area (Å²) < 4.78 is 1.04. The van der Waals surface area contributed by atoms with Gasteiger partial charge >= 0.3 is 6.03 Å². The van der Waals surface area contributed by atoms with Crippen molar-refractivity contribution < 1.29 is 14.4 Å². The molecule has 2 fully saturated rings. The first-order valence-electron chi connectivity index (χ1n) is 8.96. The van der Waals surface area contributed by atoms with E-state index in [1.165, 1.54) is 23.3 Å². The molecule has 0 unspecified atom stereocenters. The molecular formula is C18H21N5O3S. The van der Waals surface area contributed by atoms with Crippen LogP contribution in [0.1, 0.15) is 12.8 Å². The number of carbonyl (C=O) groups excluding carboxylic acids is 3. The number of aromatic nitrogens is 1. The van der Waals surface area contributed by atoms with Crippen LogP contribution in [-0.4, -0.2) is 76.8 Å². The van der Waals surface area contributed by atoms with Crippen molar-refractivity contribution >= 4 is 44.5 Å². The standard InChI is InChI=1S/C18H21N5O3S/c1-21-16(25)11-23(18(21)26)12-6-8-22(9-7-12)10-15(24)20-17-19-13-4-2-3-5-14(13)27-17/h2-5,12H,6-11H2,1H3,(H,19,20,24). The Morgan fingerprint density at radius 2 is 2.00 bits per heavy atom. The van der Waals surface area contributed by atoms with Crippen LogP contribution in [-0.2, 0) is 9.59 Å². The number of carbonyl (C=O) groups is 3. The number of nitrogens with one attached hydrogen (secondary N) is 1. The Kier molecular flexibility index (Phi) is 4.79. The van der Waals surface area contributed by atoms with Crippen LogP contribution in [0, 0.1) is 0 Å². The van der Waals surface area contributed by atoms with Gasteiger partial charge in [0.05, 0.1) is 16.8 Å². The molecule has 0 spiro atoms. The van der Waals surface area contributed by atoms with E-state index in [0.717, 1.165) is 36.1 Å². The van der Waals surface area contributed by atoms with Gasteiger partial charge in [-0.3, -0.25) is 19.4 Å². The van der Waals surface area contributed by atoms with Gasteiger partial charge < -0.3 is 10.2 Å². The van der Waals surface area contributed by atoms with E-state index in [1.807, 2.05) is 24.3 Å². The molecule has 27 heavy (non-hydrogen) atoms. The number of hydrogen-bond acceptors (Lipinski definition) is 6. The number of piperidine rings is 1. The number of para-hydroxylation sites is 1. The normalized spacial score (nSPS) is 19.3. The fraction of sp³-hybridized carbons (Fsp3) is 0.444. The second kappa shape index (κ2) is 7.24. The lowest BCUT2D eigenvalue weighted by Crippen LogP contribution is -2.47. The molecular weight excluding hydrogens is 366 g/mol. The number of nitrogens with zero attached hydrogens (tertiary/aromatic N) is 4. The molecule has 0 atom stereocenters. The highest BCUT2D eigenvalue weighted by atomic mass is 32.1. The minimum atomic E-state index is -0.216. The molecule has 1 aromatic heterocycles. The summed E-state index contributed by atoms with van der Waals surface area (Å²) in [5, 5.41) is 3.49. The van der Waals surface area contributed by atoms with Gasteiger partial charge in [0.25, 0.3) is 0 Å². The summed E-state index contributed by atoms with van der Waals surface area (Å²) in [7, 11) is 1.52. The molecule has 0 bridgehead atoms. The number of urea groups is 1. The summed E-state index contributed by atoms with van der Waals surface area (Å²) in [5.74, 6) is -0.239. The zero-order chi connectivity index (χ0) is 19.0. The molecule has 0 aliphatic carbocycles. The van der Waals surface area contributed by atoms with Gasteiger partial charge in [0.1, 0.15) is 6.54 Å². The van der Waals surface area contributed by atoms with E-state index < -0.39 is 0 Å². The number of rotatable bonds is 4. The van der Waals surface area contributed by atoms with Gasteiger partial charge in [0.15, 0.2) is 5.13 Å². The number of likely N-dealkylation sites (tertiary alicyclic amines) is 1. The summed E-state index contributed by atoms with van der Waals surface area (Å²) in [6, 6.07) is 7.63. The Bertz CT molecular complexity index is 857. The highest BCUT2D eigenvalue weighted by molar-refractivity contribution is 7.22. The molecule has 2 aliphatic rings. The highest BCUT2D eigenvalue weighted by Gasteiger charge is 2.38. The predicted octanol–water partition coefficient (Wildman–Crippen LogP) is 1.59. The largest absolute Gasteiger partial charge is 0.327 e. The number of amides is 4. The predicted molar refractivity (Wildman–Crippen MR) is 103 cm³/mol. The van der Waals surface area contributed by atoms with E-state index >= 15 is 0 Å². The molecule has 2 aliphatic heterocycles. The van der Waals surface area contributed by atoms with Gasteiger partial charge in [-0.2, -0.15) is 0 Å². The van der Waals surface area contributed by atoms with Gasteiger partial charge in [0, 0.05) is 26.2 Å². The van der Waals surface area contributed by atoms with Crippen LogP contribution in [0.25, 0.3) is 10.2 Å². The summed E-state index contributed by atoms with van der Waals surface area (Å²) in [6.45, 7) is 1.91. The topological polar surface area (TPSA) is 85.8 Å². The van der Waals surface area contributed by atoms with E-state index in [2.05, 4.69) is 15.2 Å². The van der Waals surface area contributed by atoms with Crippen LogP contribution >= 0.6 is 11.3 Å². The van der Waals surface area contributed by atoms with Gasteiger partial charge in [-0.1, -0.05) is 23.5 Å². The first-order valence-corrected chi connectivity index (χ1v) is 9.78. The first-order chi connectivity index (χ1) is 13.0. The van der Waals surface area contributed by atoms with E-state index in [4.69, 9.17) is 0 Å². The second-order valence-corrected chi connectivity index (χ2v) is 7.94. The Morgan fingerprint density at radius 3 is 2.67 bits per heavy atom. The van der Waals surface area contributed by atoms with Crippen LogP contribution in [0.3, 0.4) is 0 Å². The number of thiazole rings is 1. The molecule has 8 nitrogen and oxygen atoms in total. The Balaban J connectivity index is 1.28. The van der Waals surface area contributed by atoms with Crippen molar-refractivity contribution in [2.75, 3.05) is 38.5 Å². The lowest BCUT2D eigenvalue weighted by atomic mass is 10.0. The molecule has 2 aromatic rings. The fourth-order valence-corrected chi connectivity index (χ4v) is 4.46. The summed E-state index contributed by atoms with van der Waals surface area (Å²) in [5.41, 5.74) is 0.883. The molecule has 3 heterocycles. The van der Waals surface area contributed by atoms with E-state index in [1.54, 1.807) is 4.90 Å². The number of fused-ring (bicyclic) bond motifs is 1. The highest BCUT2D eigenvalue weighted by Crippen LogP contribution is 2.25. The smallest absolute Gasteiger partial charge is 0.312 e. The van der Waals surface area contributed by atoms with E-state index in [0.29, 0.717) is 11.7 Å². The quantitative estimate of drug-likeness (QED) is 0.806. The van der Waals surface area contributed by atoms with Crippen LogP contribution in [0.5, 0.6) is 0 Å². The molecule has 0 radical (unpaired) electrons. The van der Waals surface area contributed by atoms with Gasteiger partial charge in [0.2, 0.25) is 11.8 Å². The van der Waals surface area contributed by atoms with Crippen molar-refractivity contribution in [2.24, 2.45) is 0 Å². The van der Waals surface area contributed by atoms with Crippen LogP contribution in [0.2, 0.25) is 0 Å². The van der Waals surface area contributed by atoms with Crippen molar-refractivity contribution in [1.82, 2.24) is 19.7 Å². The zero-order valence-electron chi connectivity index (χ0n) is 15.1. The number of anilines is 1. The number of benzene rings is 1.